The van der Waals surface area contributed by atoms with E-state index in [1.165, 1.54) is 11.0 Å². The number of urea groups is 1. The maximum Gasteiger partial charge on any atom is 0.417 e. The molecule has 1 aromatic carbocycles. The smallest absolute Gasteiger partial charge is 0.396 e. The summed E-state index contributed by atoms with van der Waals surface area (Å²) >= 11 is 5.76. The van der Waals surface area contributed by atoms with Crippen LogP contribution in [0, 0.1) is 11.8 Å². The zero-order valence-corrected chi connectivity index (χ0v) is 16.4. The standard InChI is InChI=1S/C19H19ClF3N3O4/c20-14-4-10-7-26(6-9(10)3-13(14)19(21,22)23)15(28)11(8-27)5-18(12-1-2-12)16(29)24-17(30)25-18/h3-4,11-12,27H,1-2,5-8H2,(H2,24,25,29,30)/t11-,18-/m0/s1. The summed E-state index contributed by atoms with van der Waals surface area (Å²) in [4.78, 5) is 38.5. The molecule has 1 aromatic rings. The van der Waals surface area contributed by atoms with Gasteiger partial charge in [-0.1, -0.05) is 11.6 Å². The number of aliphatic hydroxyl groups is 1. The molecule has 3 N–H and O–H groups in total. The van der Waals surface area contributed by atoms with Crippen molar-refractivity contribution < 1.29 is 32.7 Å². The third-order valence-corrected chi connectivity index (χ3v) is 6.32. The molecule has 2 heterocycles. The van der Waals surface area contributed by atoms with Gasteiger partial charge in [0.25, 0.3) is 5.91 Å². The van der Waals surface area contributed by atoms with Crippen molar-refractivity contribution in [1.29, 1.82) is 0 Å². The number of nitrogens with zero attached hydrogens (tertiary/aromatic N) is 1. The summed E-state index contributed by atoms with van der Waals surface area (Å²) < 4.78 is 39.3. The summed E-state index contributed by atoms with van der Waals surface area (Å²) in [5.74, 6) is -2.11. The number of hydrogen-bond acceptors (Lipinski definition) is 4. The van der Waals surface area contributed by atoms with Gasteiger partial charge < -0.3 is 15.3 Å². The second kappa shape index (κ2) is 7.12. The van der Waals surface area contributed by atoms with Gasteiger partial charge >= 0.3 is 12.2 Å². The summed E-state index contributed by atoms with van der Waals surface area (Å²) in [6, 6.07) is 1.51. The van der Waals surface area contributed by atoms with Crippen LogP contribution < -0.4 is 10.6 Å². The third-order valence-electron chi connectivity index (χ3n) is 6.01. The molecule has 30 heavy (non-hydrogen) atoms. The van der Waals surface area contributed by atoms with Crippen LogP contribution >= 0.6 is 11.6 Å². The van der Waals surface area contributed by atoms with Crippen LogP contribution in [0.5, 0.6) is 0 Å². The van der Waals surface area contributed by atoms with Crippen molar-refractivity contribution in [2.24, 2.45) is 11.8 Å². The molecule has 0 spiro atoms. The number of halogens is 4. The van der Waals surface area contributed by atoms with Gasteiger partial charge in [-0.05, 0) is 48.4 Å². The highest BCUT2D eigenvalue weighted by atomic mass is 35.5. The molecule has 1 saturated heterocycles. The Balaban J connectivity index is 1.53. The van der Waals surface area contributed by atoms with E-state index in [1.54, 1.807) is 0 Å². The van der Waals surface area contributed by atoms with E-state index in [1.807, 2.05) is 0 Å². The molecule has 2 aliphatic heterocycles. The van der Waals surface area contributed by atoms with Gasteiger partial charge in [0.05, 0.1) is 23.1 Å². The molecule has 1 aliphatic carbocycles. The molecular weight excluding hydrogens is 427 g/mol. The number of imide groups is 1. The fourth-order valence-corrected chi connectivity index (χ4v) is 4.64. The molecule has 0 aromatic heterocycles. The number of fused-ring (bicyclic) bond motifs is 1. The topological polar surface area (TPSA) is 98.7 Å². The highest BCUT2D eigenvalue weighted by molar-refractivity contribution is 6.31. The molecule has 0 bridgehead atoms. The fourth-order valence-electron chi connectivity index (χ4n) is 4.35. The van der Waals surface area contributed by atoms with Crippen LogP contribution in [0.2, 0.25) is 5.02 Å². The Hall–Kier alpha value is -2.33. The van der Waals surface area contributed by atoms with E-state index >= 15 is 0 Å². The minimum absolute atomic E-state index is 0.0531. The lowest BCUT2D eigenvalue weighted by atomic mass is 9.82. The normalized spacial score (nSPS) is 24.5. The Morgan fingerprint density at radius 3 is 2.40 bits per heavy atom. The quantitative estimate of drug-likeness (QED) is 0.605. The van der Waals surface area contributed by atoms with Crippen molar-refractivity contribution in [3.05, 3.63) is 33.8 Å². The van der Waals surface area contributed by atoms with Crippen LogP contribution in [0.4, 0.5) is 18.0 Å². The Morgan fingerprint density at radius 1 is 1.27 bits per heavy atom. The second-order valence-electron chi connectivity index (χ2n) is 8.03. The maximum absolute atomic E-state index is 13.1. The summed E-state index contributed by atoms with van der Waals surface area (Å²) in [5, 5.41) is 14.2. The van der Waals surface area contributed by atoms with Crippen LogP contribution in [0.1, 0.15) is 36.0 Å². The van der Waals surface area contributed by atoms with Gasteiger partial charge in [0.15, 0.2) is 0 Å². The molecule has 0 radical (unpaired) electrons. The van der Waals surface area contributed by atoms with E-state index in [4.69, 9.17) is 11.6 Å². The first-order valence-electron chi connectivity index (χ1n) is 9.47. The lowest BCUT2D eigenvalue weighted by molar-refractivity contribution is -0.139. The third kappa shape index (κ3) is 3.51. The average Bonchev–Trinajstić information content (AvgIpc) is 3.36. The van der Waals surface area contributed by atoms with E-state index in [-0.39, 0.29) is 25.4 Å². The van der Waals surface area contributed by atoms with E-state index < -0.39 is 52.7 Å². The molecular formula is C19H19ClF3N3O4. The minimum atomic E-state index is -4.61. The van der Waals surface area contributed by atoms with Crippen LogP contribution in [-0.2, 0) is 28.9 Å². The Kier molecular flexibility index (Phi) is 4.97. The van der Waals surface area contributed by atoms with Crippen molar-refractivity contribution in [2.45, 2.75) is 44.1 Å². The Morgan fingerprint density at radius 2 is 1.90 bits per heavy atom. The largest absolute Gasteiger partial charge is 0.417 e. The van der Waals surface area contributed by atoms with Crippen LogP contribution in [0.15, 0.2) is 12.1 Å². The Bertz CT molecular complexity index is 934. The van der Waals surface area contributed by atoms with Crippen LogP contribution in [-0.4, -0.2) is 40.0 Å². The van der Waals surface area contributed by atoms with Gasteiger partial charge in [-0.2, -0.15) is 13.2 Å². The maximum atomic E-state index is 13.1. The number of alkyl halides is 3. The molecule has 4 amide bonds. The molecule has 11 heteroatoms. The van der Waals surface area contributed by atoms with Crippen molar-refractivity contribution in [1.82, 2.24) is 15.5 Å². The molecule has 1 saturated carbocycles. The zero-order valence-electron chi connectivity index (χ0n) is 15.7. The number of aliphatic hydroxyl groups excluding tert-OH is 1. The van der Waals surface area contributed by atoms with Gasteiger partial charge in [0.1, 0.15) is 5.54 Å². The predicted molar refractivity (Wildman–Crippen MR) is 98.0 cm³/mol. The van der Waals surface area contributed by atoms with E-state index in [2.05, 4.69) is 10.6 Å². The number of rotatable bonds is 5. The minimum Gasteiger partial charge on any atom is -0.396 e. The average molecular weight is 446 g/mol. The molecule has 4 rings (SSSR count). The fraction of sp³-hybridized carbons (Fsp3) is 0.526. The molecule has 162 valence electrons. The second-order valence-corrected chi connectivity index (χ2v) is 8.44. The molecule has 7 nitrogen and oxygen atoms in total. The number of amides is 4. The first-order valence-corrected chi connectivity index (χ1v) is 9.84. The van der Waals surface area contributed by atoms with Gasteiger partial charge in [-0.15, -0.1) is 0 Å². The molecule has 0 unspecified atom stereocenters. The number of hydrogen-bond donors (Lipinski definition) is 3. The van der Waals surface area contributed by atoms with E-state index in [0.717, 1.165) is 6.07 Å². The first-order chi connectivity index (χ1) is 14.0. The number of benzene rings is 1. The highest BCUT2D eigenvalue weighted by Gasteiger charge is 2.57. The van der Waals surface area contributed by atoms with Crippen LogP contribution in [0.25, 0.3) is 0 Å². The Labute approximate surface area is 174 Å². The van der Waals surface area contributed by atoms with E-state index in [9.17, 15) is 32.7 Å². The lowest BCUT2D eigenvalue weighted by Crippen LogP contribution is -2.52. The summed E-state index contributed by atoms with van der Waals surface area (Å²) in [7, 11) is 0. The number of carbonyl (C=O) groups excluding carboxylic acids is 3. The van der Waals surface area contributed by atoms with E-state index in [0.29, 0.717) is 24.0 Å². The van der Waals surface area contributed by atoms with Gasteiger partial charge in [-0.25, -0.2) is 4.79 Å². The number of nitrogens with one attached hydrogen (secondary N) is 2. The SMILES string of the molecule is O=C1NC(=O)[C@](C[C@@H](CO)C(=O)N2Cc3cc(Cl)c(C(F)(F)F)cc3C2)(C2CC2)N1. The number of carbonyl (C=O) groups is 3. The van der Waals surface area contributed by atoms with Gasteiger partial charge in [0, 0.05) is 13.1 Å². The molecule has 2 fully saturated rings. The monoisotopic (exact) mass is 445 g/mol. The lowest BCUT2D eigenvalue weighted by Gasteiger charge is -2.31. The van der Waals surface area contributed by atoms with Crippen molar-refractivity contribution in [2.75, 3.05) is 6.61 Å². The molecule has 2 atom stereocenters. The highest BCUT2D eigenvalue weighted by Crippen LogP contribution is 2.45. The van der Waals surface area contributed by atoms with Crippen LogP contribution in [0.3, 0.4) is 0 Å². The van der Waals surface area contributed by atoms with Gasteiger partial charge in [0.2, 0.25) is 5.91 Å². The predicted octanol–water partition coefficient (Wildman–Crippen LogP) is 2.19. The van der Waals surface area contributed by atoms with Gasteiger partial charge in [-0.3, -0.25) is 14.9 Å². The van der Waals surface area contributed by atoms with Crippen molar-refractivity contribution in [3.63, 3.8) is 0 Å². The summed E-state index contributed by atoms with van der Waals surface area (Å²) in [6.07, 6.45) is -3.25. The summed E-state index contributed by atoms with van der Waals surface area (Å²) in [5.41, 5.74) is -1.38. The molecule has 3 aliphatic rings. The zero-order chi connectivity index (χ0) is 21.8. The van der Waals surface area contributed by atoms with Crippen molar-refractivity contribution in [3.8, 4) is 0 Å². The first kappa shape index (κ1) is 20.9. The summed E-state index contributed by atoms with van der Waals surface area (Å²) in [6.45, 7) is -0.560. The van der Waals surface area contributed by atoms with Crippen molar-refractivity contribution >= 4 is 29.4 Å².